The van der Waals surface area contributed by atoms with Gasteiger partial charge in [0.25, 0.3) is 0 Å². The van der Waals surface area contributed by atoms with Crippen LogP contribution in [-0.2, 0) is 16.0 Å². The van der Waals surface area contributed by atoms with Crippen LogP contribution in [0.4, 0.5) is 4.79 Å². The zero-order valence-corrected chi connectivity index (χ0v) is 17.6. The number of carbonyl (C=O) groups excluding carboxylic acids is 2. The second-order valence-electron chi connectivity index (χ2n) is 6.66. The van der Waals surface area contributed by atoms with Crippen LogP contribution >= 0.6 is 11.8 Å². The Morgan fingerprint density at radius 1 is 1.38 bits per heavy atom. The monoisotopic (exact) mass is 418 g/mol. The molecule has 0 unspecified atom stereocenters. The predicted molar refractivity (Wildman–Crippen MR) is 111 cm³/mol. The highest BCUT2D eigenvalue weighted by Gasteiger charge is 2.37. The SMILES string of the molecule is COC(=O)[C@H](CCSC)NC(=O)N1CCc2[nH]cnc2[C@H]1c1ccccc1OC. The molecule has 0 aliphatic carbocycles. The molecule has 0 fully saturated rings. The second-order valence-corrected chi connectivity index (χ2v) is 7.65. The lowest BCUT2D eigenvalue weighted by Gasteiger charge is -2.36. The number of urea groups is 1. The topological polar surface area (TPSA) is 96.6 Å². The number of benzene rings is 1. The third-order valence-electron chi connectivity index (χ3n) is 5.01. The van der Waals surface area contributed by atoms with Crippen LogP contribution in [0.5, 0.6) is 5.75 Å². The first-order chi connectivity index (χ1) is 14.1. The summed E-state index contributed by atoms with van der Waals surface area (Å²) in [6.07, 6.45) is 4.75. The van der Waals surface area contributed by atoms with Gasteiger partial charge in [-0.15, -0.1) is 0 Å². The molecule has 2 aromatic rings. The van der Waals surface area contributed by atoms with Crippen molar-refractivity contribution in [1.82, 2.24) is 20.2 Å². The van der Waals surface area contributed by atoms with Gasteiger partial charge in [-0.05, 0) is 24.5 Å². The number of rotatable bonds is 7. The van der Waals surface area contributed by atoms with Crippen molar-refractivity contribution in [2.75, 3.05) is 32.8 Å². The molecule has 0 radical (unpaired) electrons. The van der Waals surface area contributed by atoms with Gasteiger partial charge in [-0.3, -0.25) is 0 Å². The summed E-state index contributed by atoms with van der Waals surface area (Å²) < 4.78 is 10.4. The molecule has 0 saturated heterocycles. The lowest BCUT2D eigenvalue weighted by Crippen LogP contribution is -2.51. The Morgan fingerprint density at radius 2 is 2.17 bits per heavy atom. The van der Waals surface area contributed by atoms with Crippen molar-refractivity contribution in [3.05, 3.63) is 47.5 Å². The summed E-state index contributed by atoms with van der Waals surface area (Å²) in [5.74, 6) is 0.969. The molecule has 29 heavy (non-hydrogen) atoms. The Morgan fingerprint density at radius 3 is 2.90 bits per heavy atom. The highest BCUT2D eigenvalue weighted by Crippen LogP contribution is 2.37. The van der Waals surface area contributed by atoms with Crippen LogP contribution in [0.15, 0.2) is 30.6 Å². The van der Waals surface area contributed by atoms with E-state index in [0.717, 1.165) is 22.7 Å². The van der Waals surface area contributed by atoms with Crippen LogP contribution in [0.25, 0.3) is 0 Å². The minimum absolute atomic E-state index is 0.328. The number of esters is 1. The highest BCUT2D eigenvalue weighted by atomic mass is 32.2. The number of amides is 2. The summed E-state index contributed by atoms with van der Waals surface area (Å²) >= 11 is 1.61. The van der Waals surface area contributed by atoms with Gasteiger partial charge in [-0.2, -0.15) is 11.8 Å². The summed E-state index contributed by atoms with van der Waals surface area (Å²) in [5.41, 5.74) is 2.63. The minimum Gasteiger partial charge on any atom is -0.496 e. The molecule has 2 atom stereocenters. The van der Waals surface area contributed by atoms with Crippen molar-refractivity contribution in [1.29, 1.82) is 0 Å². The van der Waals surface area contributed by atoms with E-state index in [9.17, 15) is 9.59 Å². The van der Waals surface area contributed by atoms with E-state index < -0.39 is 18.1 Å². The van der Waals surface area contributed by atoms with E-state index in [1.807, 2.05) is 30.5 Å². The van der Waals surface area contributed by atoms with E-state index in [4.69, 9.17) is 9.47 Å². The van der Waals surface area contributed by atoms with Crippen molar-refractivity contribution in [2.24, 2.45) is 0 Å². The molecule has 1 aromatic carbocycles. The molecule has 0 spiro atoms. The van der Waals surface area contributed by atoms with Gasteiger partial charge in [-0.25, -0.2) is 14.6 Å². The first kappa shape index (κ1) is 21.0. The summed E-state index contributed by atoms with van der Waals surface area (Å²) in [4.78, 5) is 34.7. The number of aromatic amines is 1. The number of H-pyrrole nitrogens is 1. The van der Waals surface area contributed by atoms with E-state index >= 15 is 0 Å². The van der Waals surface area contributed by atoms with Crippen LogP contribution in [0.3, 0.4) is 0 Å². The third kappa shape index (κ3) is 4.50. The minimum atomic E-state index is -0.696. The average Bonchev–Trinajstić information content (AvgIpc) is 3.24. The molecule has 9 heteroatoms. The fraction of sp³-hybridized carbons (Fsp3) is 0.450. The van der Waals surface area contributed by atoms with Gasteiger partial charge in [0.2, 0.25) is 0 Å². The quantitative estimate of drug-likeness (QED) is 0.670. The van der Waals surface area contributed by atoms with Gasteiger partial charge in [-0.1, -0.05) is 18.2 Å². The molecule has 1 aliphatic heterocycles. The number of carbonyl (C=O) groups is 2. The zero-order valence-electron chi connectivity index (χ0n) is 16.8. The maximum atomic E-state index is 13.2. The van der Waals surface area contributed by atoms with Crippen molar-refractivity contribution in [2.45, 2.75) is 24.9 Å². The normalized spacial score (nSPS) is 16.7. The molecule has 156 valence electrons. The molecule has 2 amide bonds. The van der Waals surface area contributed by atoms with Gasteiger partial charge in [0, 0.05) is 24.2 Å². The number of imidazole rings is 1. The Labute approximate surface area is 174 Å². The van der Waals surface area contributed by atoms with E-state index in [-0.39, 0.29) is 6.03 Å². The number of methoxy groups -OCH3 is 2. The van der Waals surface area contributed by atoms with Gasteiger partial charge < -0.3 is 24.7 Å². The first-order valence-corrected chi connectivity index (χ1v) is 10.8. The fourth-order valence-electron chi connectivity index (χ4n) is 3.56. The molecule has 1 aliphatic rings. The Bertz CT molecular complexity index is 857. The van der Waals surface area contributed by atoms with E-state index in [0.29, 0.717) is 25.1 Å². The molecule has 0 bridgehead atoms. The number of fused-ring (bicyclic) bond motifs is 1. The van der Waals surface area contributed by atoms with Crippen LogP contribution in [0, 0.1) is 0 Å². The highest BCUT2D eigenvalue weighted by molar-refractivity contribution is 7.98. The maximum absolute atomic E-state index is 13.2. The van der Waals surface area contributed by atoms with E-state index in [2.05, 4.69) is 15.3 Å². The van der Waals surface area contributed by atoms with Crippen molar-refractivity contribution >= 4 is 23.8 Å². The van der Waals surface area contributed by atoms with Crippen LogP contribution < -0.4 is 10.1 Å². The summed E-state index contributed by atoms with van der Waals surface area (Å²) in [6.45, 7) is 0.486. The number of aromatic nitrogens is 2. The van der Waals surface area contributed by atoms with Crippen LogP contribution in [-0.4, -0.2) is 65.7 Å². The van der Waals surface area contributed by atoms with Crippen molar-refractivity contribution in [3.63, 3.8) is 0 Å². The summed E-state index contributed by atoms with van der Waals surface area (Å²) in [5, 5.41) is 2.85. The number of hydrogen-bond acceptors (Lipinski definition) is 6. The second kappa shape index (κ2) is 9.69. The lowest BCUT2D eigenvalue weighted by atomic mass is 9.95. The number of nitrogens with one attached hydrogen (secondary N) is 2. The first-order valence-electron chi connectivity index (χ1n) is 9.39. The maximum Gasteiger partial charge on any atom is 0.328 e. The smallest absolute Gasteiger partial charge is 0.328 e. The number of para-hydroxylation sites is 1. The number of thioether (sulfide) groups is 1. The standard InChI is InChI=1S/C20H26N4O4S/c1-27-16-7-5-4-6-13(16)18-17-14(21-12-22-17)8-10-24(18)20(26)23-15(9-11-29-3)19(25)28-2/h4-7,12,15,18H,8-11H2,1-3H3,(H,21,22)(H,23,26)/t15-,18+/m0/s1. The predicted octanol–water partition coefficient (Wildman–Crippen LogP) is 2.37. The molecule has 3 rings (SSSR count). The van der Waals surface area contributed by atoms with Gasteiger partial charge in [0.15, 0.2) is 0 Å². The third-order valence-corrected chi connectivity index (χ3v) is 5.66. The van der Waals surface area contributed by atoms with Gasteiger partial charge >= 0.3 is 12.0 Å². The summed E-state index contributed by atoms with van der Waals surface area (Å²) in [6, 6.07) is 6.15. The number of hydrogen-bond donors (Lipinski definition) is 2. The van der Waals surface area contributed by atoms with Gasteiger partial charge in [0.1, 0.15) is 17.8 Å². The number of ether oxygens (including phenoxy) is 2. The zero-order chi connectivity index (χ0) is 20.8. The molecule has 0 saturated carbocycles. The Hall–Kier alpha value is -2.68. The van der Waals surface area contributed by atoms with Crippen LogP contribution in [0.2, 0.25) is 0 Å². The Balaban J connectivity index is 1.92. The molecule has 2 heterocycles. The van der Waals surface area contributed by atoms with Crippen LogP contribution in [0.1, 0.15) is 29.4 Å². The van der Waals surface area contributed by atoms with Crippen molar-refractivity contribution in [3.8, 4) is 5.75 Å². The fourth-order valence-corrected chi connectivity index (χ4v) is 4.03. The van der Waals surface area contributed by atoms with E-state index in [1.165, 1.54) is 7.11 Å². The van der Waals surface area contributed by atoms with E-state index in [1.54, 1.807) is 30.1 Å². The molecule has 2 N–H and O–H groups in total. The average molecular weight is 419 g/mol. The van der Waals surface area contributed by atoms with Crippen molar-refractivity contribution < 1.29 is 19.1 Å². The Kier molecular flexibility index (Phi) is 7.03. The molecule has 8 nitrogen and oxygen atoms in total. The number of nitrogens with zero attached hydrogens (tertiary/aromatic N) is 2. The molecular weight excluding hydrogens is 392 g/mol. The molecule has 1 aromatic heterocycles. The largest absolute Gasteiger partial charge is 0.496 e. The summed E-state index contributed by atoms with van der Waals surface area (Å²) in [7, 11) is 2.93. The van der Waals surface area contributed by atoms with Gasteiger partial charge in [0.05, 0.1) is 26.2 Å². The lowest BCUT2D eigenvalue weighted by molar-refractivity contribution is -0.142. The molecular formula is C20H26N4O4S.